The predicted octanol–water partition coefficient (Wildman–Crippen LogP) is 2.90. The summed E-state index contributed by atoms with van der Waals surface area (Å²) in [5.41, 5.74) is 3.16. The lowest BCUT2D eigenvalue weighted by atomic mass is 9.96. The monoisotopic (exact) mass is 286 g/mol. The van der Waals surface area contributed by atoms with Gasteiger partial charge in [0.1, 0.15) is 0 Å². The Morgan fingerprint density at radius 2 is 1.50 bits per heavy atom. The number of allylic oxidation sites excluding steroid dienone is 1. The van der Waals surface area contributed by atoms with Gasteiger partial charge in [-0.15, -0.1) is 0 Å². The van der Waals surface area contributed by atoms with Crippen LogP contribution in [-0.2, 0) is 4.79 Å². The second-order valence-electron chi connectivity index (χ2n) is 5.20. The van der Waals surface area contributed by atoms with Gasteiger partial charge in [-0.2, -0.15) is 4.57 Å². The molecule has 1 aliphatic rings. The van der Waals surface area contributed by atoms with Crippen molar-refractivity contribution in [2.24, 2.45) is 0 Å². The average molecular weight is 286 g/mol. The number of rotatable bonds is 1. The predicted molar refractivity (Wildman–Crippen MR) is 83.9 cm³/mol. The van der Waals surface area contributed by atoms with Gasteiger partial charge in [0.25, 0.3) is 0 Å². The minimum atomic E-state index is -0.470. The van der Waals surface area contributed by atoms with E-state index < -0.39 is 11.6 Å². The Labute approximate surface area is 127 Å². The van der Waals surface area contributed by atoms with Gasteiger partial charge < -0.3 is 0 Å². The summed E-state index contributed by atoms with van der Waals surface area (Å²) in [7, 11) is 0. The minimum absolute atomic E-state index is 0.451. The Kier molecular flexibility index (Phi) is 2.73. The minimum Gasteiger partial charge on any atom is -0.286 e. The molecule has 1 aliphatic carbocycles. The summed E-state index contributed by atoms with van der Waals surface area (Å²) in [5, 5.41) is 0.932. The molecule has 3 aromatic rings. The van der Waals surface area contributed by atoms with Crippen LogP contribution in [0.5, 0.6) is 0 Å². The third-order valence-corrected chi connectivity index (χ3v) is 3.87. The summed E-state index contributed by atoms with van der Waals surface area (Å²) in [6.45, 7) is 0. The molecule has 22 heavy (non-hydrogen) atoms. The van der Waals surface area contributed by atoms with Gasteiger partial charge in [-0.3, -0.25) is 9.59 Å². The molecular weight excluding hydrogens is 274 g/mol. The molecule has 0 spiro atoms. The van der Waals surface area contributed by atoms with Crippen LogP contribution >= 0.6 is 0 Å². The summed E-state index contributed by atoms with van der Waals surface area (Å²) < 4.78 is 2.02. The van der Waals surface area contributed by atoms with Crippen molar-refractivity contribution in [3.05, 3.63) is 78.0 Å². The van der Waals surface area contributed by atoms with Crippen LogP contribution in [0.3, 0.4) is 0 Å². The zero-order valence-corrected chi connectivity index (χ0v) is 11.7. The van der Waals surface area contributed by atoms with Crippen LogP contribution in [-0.4, -0.2) is 11.6 Å². The summed E-state index contributed by atoms with van der Waals surface area (Å²) in [6, 6.07) is 19.5. The summed E-state index contributed by atoms with van der Waals surface area (Å²) in [4.78, 5) is 23.9. The van der Waals surface area contributed by atoms with E-state index in [0.717, 1.165) is 22.3 Å². The molecule has 4 rings (SSSR count). The average Bonchev–Trinajstić information content (AvgIpc) is 2.57. The maximum Gasteiger partial charge on any atom is 0.239 e. The number of carbonyl (C=O) groups is 2. The molecular formula is C19H12NO2+. The molecule has 3 nitrogen and oxygen atoms in total. The van der Waals surface area contributed by atoms with Gasteiger partial charge in [0.05, 0.1) is 5.56 Å². The second kappa shape index (κ2) is 4.74. The van der Waals surface area contributed by atoms with Crippen LogP contribution in [0.2, 0.25) is 0 Å². The van der Waals surface area contributed by atoms with Gasteiger partial charge in [-0.05, 0) is 18.2 Å². The molecule has 0 atom stereocenters. The molecule has 104 valence electrons. The summed E-state index contributed by atoms with van der Waals surface area (Å²) >= 11 is 0. The van der Waals surface area contributed by atoms with E-state index >= 15 is 0 Å². The quantitative estimate of drug-likeness (QED) is 0.509. The van der Waals surface area contributed by atoms with Gasteiger partial charge >= 0.3 is 0 Å². The number of aromatic nitrogens is 1. The fraction of sp³-hybridized carbons (Fsp3) is 0. The Morgan fingerprint density at radius 3 is 2.32 bits per heavy atom. The molecule has 1 aromatic heterocycles. The normalized spacial score (nSPS) is 13.5. The molecule has 0 saturated heterocycles. The zero-order valence-electron chi connectivity index (χ0n) is 11.7. The number of hydrogen-bond donors (Lipinski definition) is 0. The first kappa shape index (κ1) is 12.7. The van der Waals surface area contributed by atoms with Crippen molar-refractivity contribution in [1.82, 2.24) is 0 Å². The van der Waals surface area contributed by atoms with Gasteiger partial charge in [0, 0.05) is 29.7 Å². The number of nitrogens with zero attached hydrogens (tertiary/aromatic N) is 1. The Bertz CT molecular complexity index is 956. The van der Waals surface area contributed by atoms with Crippen molar-refractivity contribution in [3.8, 4) is 5.69 Å². The van der Waals surface area contributed by atoms with E-state index in [2.05, 4.69) is 0 Å². The maximum absolute atomic E-state index is 12.2. The van der Waals surface area contributed by atoms with Gasteiger partial charge in [-0.1, -0.05) is 30.3 Å². The topological polar surface area (TPSA) is 38.0 Å². The molecule has 0 saturated carbocycles. The highest BCUT2D eigenvalue weighted by Crippen LogP contribution is 2.22. The van der Waals surface area contributed by atoms with Crippen molar-refractivity contribution < 1.29 is 14.2 Å². The van der Waals surface area contributed by atoms with Crippen LogP contribution in [0.4, 0.5) is 0 Å². The van der Waals surface area contributed by atoms with Crippen molar-refractivity contribution in [1.29, 1.82) is 0 Å². The van der Waals surface area contributed by atoms with E-state index in [4.69, 9.17) is 0 Å². The first-order valence-corrected chi connectivity index (χ1v) is 7.06. The molecule has 0 aliphatic heterocycles. The van der Waals surface area contributed by atoms with Gasteiger partial charge in [-0.25, -0.2) is 0 Å². The molecule has 0 N–H and O–H groups in total. The molecule has 1 heterocycles. The molecule has 0 fully saturated rings. The number of ketones is 2. The Hall–Kier alpha value is -3.07. The van der Waals surface area contributed by atoms with Gasteiger partial charge in [0.2, 0.25) is 28.5 Å². The molecule has 0 radical (unpaired) electrons. The van der Waals surface area contributed by atoms with E-state index in [1.54, 1.807) is 12.1 Å². The van der Waals surface area contributed by atoms with Crippen LogP contribution in [0.25, 0.3) is 22.7 Å². The SMILES string of the molecule is O=C1C=Cc2c(cc3ccccc3[n+]2-c2ccccc2)C1=O. The standard InChI is InChI=1S/C19H12NO2/c21-18-11-10-17-15(19(18)22)12-13-6-4-5-9-16(13)20(17)14-7-2-1-3-8-14/h1-12H/q+1. The van der Waals surface area contributed by atoms with E-state index in [1.807, 2.05) is 59.2 Å². The van der Waals surface area contributed by atoms with E-state index in [-0.39, 0.29) is 0 Å². The molecule has 0 bridgehead atoms. The molecule has 3 heteroatoms. The maximum atomic E-state index is 12.2. The highest BCUT2D eigenvalue weighted by molar-refractivity contribution is 6.49. The lowest BCUT2D eigenvalue weighted by Gasteiger charge is -2.10. The number of benzene rings is 2. The third kappa shape index (κ3) is 1.79. The smallest absolute Gasteiger partial charge is 0.239 e. The fourth-order valence-electron chi connectivity index (χ4n) is 2.86. The highest BCUT2D eigenvalue weighted by Gasteiger charge is 2.30. The zero-order chi connectivity index (χ0) is 15.1. The third-order valence-electron chi connectivity index (χ3n) is 3.87. The molecule has 0 unspecified atom stereocenters. The highest BCUT2D eigenvalue weighted by atomic mass is 16.2. The lowest BCUT2D eigenvalue weighted by molar-refractivity contribution is -0.569. The molecule has 0 amide bonds. The van der Waals surface area contributed by atoms with Crippen LogP contribution in [0.1, 0.15) is 16.1 Å². The van der Waals surface area contributed by atoms with Crippen molar-refractivity contribution in [2.75, 3.05) is 0 Å². The summed E-state index contributed by atoms with van der Waals surface area (Å²) in [5.74, 6) is -0.921. The first-order chi connectivity index (χ1) is 10.8. The van der Waals surface area contributed by atoms with E-state index in [1.165, 1.54) is 6.08 Å². The number of para-hydroxylation sites is 2. The number of pyridine rings is 1. The van der Waals surface area contributed by atoms with E-state index in [9.17, 15) is 9.59 Å². The first-order valence-electron chi connectivity index (χ1n) is 7.06. The Morgan fingerprint density at radius 1 is 0.773 bits per heavy atom. The Balaban J connectivity index is 2.17. The largest absolute Gasteiger partial charge is 0.286 e. The fourth-order valence-corrected chi connectivity index (χ4v) is 2.86. The van der Waals surface area contributed by atoms with E-state index in [0.29, 0.717) is 5.56 Å². The van der Waals surface area contributed by atoms with Gasteiger partial charge in [0.15, 0.2) is 0 Å². The number of fused-ring (bicyclic) bond motifs is 2. The van der Waals surface area contributed by atoms with Crippen molar-refractivity contribution >= 4 is 28.5 Å². The number of hydrogen-bond acceptors (Lipinski definition) is 2. The lowest BCUT2D eigenvalue weighted by Crippen LogP contribution is -2.39. The number of carbonyl (C=O) groups excluding carboxylic acids is 2. The number of Topliss-reactive ketones (excluding diaryl/α,β-unsaturated/α-hetero) is 1. The van der Waals surface area contributed by atoms with Crippen LogP contribution in [0.15, 0.2) is 66.7 Å². The van der Waals surface area contributed by atoms with Crippen LogP contribution in [0, 0.1) is 0 Å². The van der Waals surface area contributed by atoms with Crippen molar-refractivity contribution in [3.63, 3.8) is 0 Å². The second-order valence-corrected chi connectivity index (χ2v) is 5.20. The van der Waals surface area contributed by atoms with Crippen molar-refractivity contribution in [2.45, 2.75) is 0 Å². The van der Waals surface area contributed by atoms with Crippen LogP contribution < -0.4 is 4.57 Å². The molecule has 2 aromatic carbocycles. The summed E-state index contributed by atoms with van der Waals surface area (Å²) in [6.07, 6.45) is 3.07.